The lowest BCUT2D eigenvalue weighted by atomic mass is 9.78. The first-order valence-corrected chi connectivity index (χ1v) is 30.8. The standard InChI is InChI=1S/C55H88N2O21P2/c1-32-16-12-11-13-17-33(2)44(73-8)30-40-21-19-38(7)55(66,78-40)50(61)51(62)57-25-15-14-18-41(57)52(63)76-45(31-42(58)34(3)27-37(6)48(60)49(75-10)47(59)36(5)26-32)35(4)28-39-20-22-43(46(29-39)74-9)77-53(64)56-24-23-54(65,79(67,68)69)80(70,71)72/h11-13,16-17,27,32,35-41,43-46,48-49,60,65-66H,14-15,18-26,28-31H2,1-10H3,(H,56,64)(H2,67,68,69)(H2,70,71,72)/t32-,35-,36-,37?,38-,39+,40+,41?,43-,44+,45+,46-,48-,49+,55-/m1/s1. The Morgan fingerprint density at radius 2 is 1.55 bits per heavy atom. The van der Waals surface area contributed by atoms with Crippen molar-refractivity contribution in [2.75, 3.05) is 34.4 Å². The van der Waals surface area contributed by atoms with Crippen LogP contribution in [0.4, 0.5) is 4.79 Å². The molecule has 0 spiro atoms. The monoisotopic (exact) mass is 1170 g/mol. The zero-order valence-corrected chi connectivity index (χ0v) is 49.6. The van der Waals surface area contributed by atoms with Crippen molar-refractivity contribution < 1.29 is 101 Å². The average molecular weight is 1180 g/mol. The van der Waals surface area contributed by atoms with Crippen LogP contribution in [0.2, 0.25) is 0 Å². The van der Waals surface area contributed by atoms with E-state index >= 15 is 0 Å². The molecule has 2 saturated heterocycles. The molecule has 3 aliphatic heterocycles. The third kappa shape index (κ3) is 17.9. The van der Waals surface area contributed by atoms with Crippen molar-refractivity contribution in [3.63, 3.8) is 0 Å². The number of ether oxygens (including phenoxy) is 6. The number of methoxy groups -OCH3 is 3. The smallest absolute Gasteiger partial charge is 0.407 e. The van der Waals surface area contributed by atoms with Gasteiger partial charge in [-0.25, -0.2) is 9.59 Å². The SMILES string of the molecule is CO[C@H]1C[C@@H]2CC[C@@H](C)[C@@](O)(O2)C(=O)C(=O)N2CCCCC2C(=O)O[C@H]([C@H](C)C[C@@H]2CC[C@@H](OC(=O)NCCC(O)(P(=O)(O)O)P(=O)(O)O)[C@H](OC)C2)CC(=O)C(C)=CC(C)[C@@H](O)[C@@H](OC)C(=O)[C@H](C)C[C@H](C)C=CC=CC=C1C. The molecule has 0 radical (unpaired) electrons. The zero-order valence-electron chi connectivity index (χ0n) is 47.8. The second-order valence-corrected chi connectivity index (χ2v) is 26.5. The van der Waals surface area contributed by atoms with Gasteiger partial charge >= 0.3 is 27.3 Å². The summed E-state index contributed by atoms with van der Waals surface area (Å²) >= 11 is 0. The number of carbonyl (C=O) groups excluding carboxylic acids is 6. The molecule has 1 aliphatic carbocycles. The number of amides is 2. The van der Waals surface area contributed by atoms with Crippen molar-refractivity contribution in [1.29, 1.82) is 0 Å². The first-order valence-electron chi connectivity index (χ1n) is 27.6. The molecule has 25 heteroatoms. The highest BCUT2D eigenvalue weighted by Gasteiger charge is 2.59. The van der Waals surface area contributed by atoms with Crippen LogP contribution < -0.4 is 5.32 Å². The van der Waals surface area contributed by atoms with Crippen molar-refractivity contribution in [2.45, 2.75) is 192 Å². The first-order chi connectivity index (χ1) is 37.3. The lowest BCUT2D eigenvalue weighted by Gasteiger charge is -2.42. The number of fused-ring (bicyclic) bond motifs is 3. The molecular formula is C55H88N2O21P2. The van der Waals surface area contributed by atoms with Gasteiger partial charge in [-0.3, -0.25) is 28.3 Å². The minimum Gasteiger partial charge on any atom is -0.460 e. The summed E-state index contributed by atoms with van der Waals surface area (Å²) < 4.78 is 58.6. The number of ketones is 3. The molecule has 0 aromatic carbocycles. The van der Waals surface area contributed by atoms with E-state index < -0.39 is 141 Å². The molecule has 23 nitrogen and oxygen atoms in total. The Morgan fingerprint density at radius 1 is 0.875 bits per heavy atom. The van der Waals surface area contributed by atoms with Crippen molar-refractivity contribution in [2.24, 2.45) is 35.5 Å². The molecule has 80 heavy (non-hydrogen) atoms. The van der Waals surface area contributed by atoms with Gasteiger partial charge < -0.3 is 73.5 Å². The summed E-state index contributed by atoms with van der Waals surface area (Å²) in [5.41, 5.74) is 1.04. The van der Waals surface area contributed by atoms with Gasteiger partial charge in [0.05, 0.1) is 24.4 Å². The number of allylic oxidation sites excluding steroid dienone is 6. The van der Waals surface area contributed by atoms with Crippen LogP contribution in [0.15, 0.2) is 47.6 Å². The number of nitrogens with zero attached hydrogens (tertiary/aromatic N) is 1. The molecule has 2 bridgehead atoms. The Kier molecular flexibility index (Phi) is 25.9. The molecule has 0 aromatic heterocycles. The Bertz CT molecular complexity index is 2360. The highest BCUT2D eigenvalue weighted by atomic mass is 31.2. The van der Waals surface area contributed by atoms with Gasteiger partial charge in [-0.2, -0.15) is 0 Å². The molecule has 3 heterocycles. The van der Waals surface area contributed by atoms with Gasteiger partial charge in [0.2, 0.25) is 5.79 Å². The van der Waals surface area contributed by atoms with Crippen molar-refractivity contribution >= 4 is 50.5 Å². The van der Waals surface area contributed by atoms with Gasteiger partial charge in [0.25, 0.3) is 16.8 Å². The summed E-state index contributed by atoms with van der Waals surface area (Å²) in [6.45, 7) is 11.4. The summed E-state index contributed by atoms with van der Waals surface area (Å²) in [6, 6.07) is -1.27. The van der Waals surface area contributed by atoms with E-state index in [0.29, 0.717) is 51.4 Å². The number of alkyl carbamates (subject to hydrolysis) is 1. The number of hydrogen-bond acceptors (Lipinski definition) is 17. The van der Waals surface area contributed by atoms with E-state index in [1.807, 2.05) is 44.2 Å². The predicted molar refractivity (Wildman–Crippen MR) is 291 cm³/mol. The summed E-state index contributed by atoms with van der Waals surface area (Å²) in [6.07, 6.45) is 5.69. The van der Waals surface area contributed by atoms with Gasteiger partial charge in [0.1, 0.15) is 24.4 Å². The van der Waals surface area contributed by atoms with Crippen LogP contribution in [0.25, 0.3) is 0 Å². The molecule has 2 amide bonds. The topological polar surface area (TPSA) is 349 Å². The maximum Gasteiger partial charge on any atom is 0.407 e. The number of aliphatic hydroxyl groups is 3. The number of piperidine rings is 1. The zero-order chi connectivity index (χ0) is 60.1. The minimum atomic E-state index is -5.77. The van der Waals surface area contributed by atoms with E-state index in [9.17, 15) is 72.8 Å². The second-order valence-electron chi connectivity index (χ2n) is 22.5. The molecule has 4 aliphatic rings. The van der Waals surface area contributed by atoms with Crippen LogP contribution in [0, 0.1) is 35.5 Å². The van der Waals surface area contributed by atoms with Gasteiger partial charge in [0, 0.05) is 71.4 Å². The van der Waals surface area contributed by atoms with Crippen LogP contribution in [0.5, 0.6) is 0 Å². The number of nitrogens with one attached hydrogen (secondary N) is 1. The lowest BCUT2D eigenvalue weighted by molar-refractivity contribution is -0.265. The Hall–Kier alpha value is -3.80. The van der Waals surface area contributed by atoms with E-state index in [0.717, 1.165) is 10.5 Å². The first kappa shape index (κ1) is 68.7. The maximum atomic E-state index is 14.6. The second kappa shape index (κ2) is 30.1. The number of cyclic esters (lactones) is 1. The van der Waals surface area contributed by atoms with E-state index in [1.54, 1.807) is 34.6 Å². The van der Waals surface area contributed by atoms with E-state index in [2.05, 4.69) is 5.32 Å². The summed E-state index contributed by atoms with van der Waals surface area (Å²) in [5.74, 6) is -9.31. The molecule has 0 aromatic rings. The van der Waals surface area contributed by atoms with Crippen molar-refractivity contribution in [3.05, 3.63) is 47.6 Å². The molecule has 454 valence electrons. The van der Waals surface area contributed by atoms with E-state index in [4.69, 9.17) is 28.4 Å². The third-order valence-electron chi connectivity index (χ3n) is 16.4. The van der Waals surface area contributed by atoms with Gasteiger partial charge in [-0.15, -0.1) is 0 Å². The number of rotatable bonds is 12. The molecule has 4 rings (SSSR count). The molecule has 15 atom stereocenters. The van der Waals surface area contributed by atoms with Crippen LogP contribution in [0.3, 0.4) is 0 Å². The largest absolute Gasteiger partial charge is 0.460 e. The summed E-state index contributed by atoms with van der Waals surface area (Å²) in [7, 11) is -7.27. The fourth-order valence-corrected chi connectivity index (χ4v) is 13.4. The number of carbonyl (C=O) groups is 6. The third-order valence-corrected chi connectivity index (χ3v) is 20.3. The average Bonchev–Trinajstić information content (AvgIpc) is 3.42. The summed E-state index contributed by atoms with van der Waals surface area (Å²) in [4.78, 5) is 123. The molecule has 8 N–H and O–H groups in total. The minimum absolute atomic E-state index is 0.00863. The summed E-state index contributed by atoms with van der Waals surface area (Å²) in [5, 5.41) is 32.2. The van der Waals surface area contributed by atoms with E-state index in [-0.39, 0.29) is 55.4 Å². The number of hydrogen-bond donors (Lipinski definition) is 8. The molecule has 2 unspecified atom stereocenters. The number of esters is 1. The Morgan fingerprint density at radius 3 is 2.17 bits per heavy atom. The highest BCUT2D eigenvalue weighted by Crippen LogP contribution is 2.68. The van der Waals surface area contributed by atoms with Gasteiger partial charge in [0.15, 0.2) is 11.6 Å². The number of Topliss-reactive ketones (excluding diaryl/α,β-unsaturated/α-hetero) is 3. The number of aliphatic hydroxyl groups excluding tert-OH is 1. The Balaban J connectivity index is 1.64. The molecule has 3 fully saturated rings. The van der Waals surface area contributed by atoms with Gasteiger partial charge in [-0.1, -0.05) is 71.1 Å². The lowest BCUT2D eigenvalue weighted by Crippen LogP contribution is -2.61. The molecular weight excluding hydrogens is 1090 g/mol. The van der Waals surface area contributed by atoms with Crippen molar-refractivity contribution in [1.82, 2.24) is 10.2 Å². The Labute approximate surface area is 469 Å². The van der Waals surface area contributed by atoms with Crippen molar-refractivity contribution in [3.8, 4) is 0 Å². The van der Waals surface area contributed by atoms with Gasteiger partial charge in [-0.05, 0) is 107 Å². The van der Waals surface area contributed by atoms with Crippen LogP contribution >= 0.6 is 15.2 Å². The van der Waals surface area contributed by atoms with Crippen LogP contribution in [0.1, 0.15) is 132 Å². The maximum absolute atomic E-state index is 14.6. The van der Waals surface area contributed by atoms with Crippen LogP contribution in [-0.4, -0.2) is 169 Å². The van der Waals surface area contributed by atoms with E-state index in [1.165, 1.54) is 27.4 Å². The predicted octanol–water partition coefficient (Wildman–Crippen LogP) is 5.31. The highest BCUT2D eigenvalue weighted by molar-refractivity contribution is 7.72. The molecule has 1 saturated carbocycles. The quantitative estimate of drug-likeness (QED) is 0.0697. The van der Waals surface area contributed by atoms with Crippen LogP contribution in [-0.2, 0) is 61.5 Å². The fourth-order valence-electron chi connectivity index (χ4n) is 11.2. The fraction of sp³-hybridized carbons (Fsp3) is 0.745. The normalized spacial score (nSPS) is 33.5.